The molecule has 5 heteroatoms. The van der Waals surface area contributed by atoms with E-state index in [4.69, 9.17) is 11.6 Å². The number of aromatic nitrogens is 1. The van der Waals surface area contributed by atoms with Gasteiger partial charge in [-0.1, -0.05) is 35.9 Å². The minimum Gasteiger partial charge on any atom is -0.310 e. The van der Waals surface area contributed by atoms with Crippen LogP contribution in [0.2, 0.25) is 5.02 Å². The van der Waals surface area contributed by atoms with Crippen LogP contribution >= 0.6 is 11.6 Å². The molecule has 1 heterocycles. The van der Waals surface area contributed by atoms with E-state index in [0.29, 0.717) is 16.4 Å². The van der Waals surface area contributed by atoms with E-state index in [2.05, 4.69) is 10.3 Å². The number of nitrogens with one attached hydrogen (secondary N) is 1. The number of halogens is 1. The number of ketones is 1. The zero-order valence-electron chi connectivity index (χ0n) is 10.5. The predicted molar refractivity (Wildman–Crippen MR) is 76.0 cm³/mol. The lowest BCUT2D eigenvalue weighted by Gasteiger charge is -2.10. The van der Waals surface area contributed by atoms with Crippen LogP contribution in [0.15, 0.2) is 42.6 Å². The van der Waals surface area contributed by atoms with Gasteiger partial charge in [-0.05, 0) is 17.7 Å². The first-order valence-electron chi connectivity index (χ1n) is 6.19. The van der Waals surface area contributed by atoms with Gasteiger partial charge in [0.15, 0.2) is 5.78 Å². The molecular weight excluding hydrogens is 276 g/mol. The highest BCUT2D eigenvalue weighted by atomic mass is 35.5. The summed E-state index contributed by atoms with van der Waals surface area (Å²) in [6, 6.07) is 10.5. The lowest BCUT2D eigenvalue weighted by molar-refractivity contribution is -0.117. The van der Waals surface area contributed by atoms with Gasteiger partial charge in [0.05, 0.1) is 10.9 Å². The first-order chi connectivity index (χ1) is 9.65. The average molecular weight is 287 g/mol. The van der Waals surface area contributed by atoms with Crippen molar-refractivity contribution in [3.8, 4) is 0 Å². The molecule has 1 aliphatic rings. The van der Waals surface area contributed by atoms with Crippen molar-refractivity contribution in [2.75, 3.05) is 5.32 Å². The summed E-state index contributed by atoms with van der Waals surface area (Å²) in [5.41, 5.74) is 1.42. The Kier molecular flexibility index (Phi) is 3.24. The molecule has 100 valence electrons. The molecule has 0 fully saturated rings. The summed E-state index contributed by atoms with van der Waals surface area (Å²) in [4.78, 5) is 28.2. The summed E-state index contributed by atoms with van der Waals surface area (Å²) in [5, 5.41) is 3.22. The second-order valence-corrected chi connectivity index (χ2v) is 5.05. The molecule has 1 aliphatic carbocycles. The van der Waals surface area contributed by atoms with Gasteiger partial charge < -0.3 is 5.32 Å². The Morgan fingerprint density at radius 1 is 1.25 bits per heavy atom. The van der Waals surface area contributed by atoms with E-state index in [1.54, 1.807) is 24.3 Å². The number of nitrogens with zero attached hydrogens (tertiary/aromatic N) is 1. The van der Waals surface area contributed by atoms with Gasteiger partial charge in [-0.25, -0.2) is 4.98 Å². The Morgan fingerprint density at radius 3 is 2.80 bits per heavy atom. The highest BCUT2D eigenvalue weighted by Gasteiger charge is 2.33. The Hall–Kier alpha value is -2.20. The van der Waals surface area contributed by atoms with Crippen LogP contribution in [-0.4, -0.2) is 16.7 Å². The number of pyridine rings is 1. The summed E-state index contributed by atoms with van der Waals surface area (Å²) < 4.78 is 0. The highest BCUT2D eigenvalue weighted by Crippen LogP contribution is 2.33. The lowest BCUT2D eigenvalue weighted by atomic mass is 10.0. The summed E-state index contributed by atoms with van der Waals surface area (Å²) >= 11 is 5.74. The minimum atomic E-state index is -0.448. The number of Topliss-reactive ketones (excluding diaryl/α,β-unsaturated/α-hetero) is 1. The van der Waals surface area contributed by atoms with Crippen LogP contribution < -0.4 is 5.32 Å². The van der Waals surface area contributed by atoms with Crippen LogP contribution in [0.5, 0.6) is 0 Å². The number of hydrogen-bond donors (Lipinski definition) is 1. The molecule has 0 unspecified atom stereocenters. The van der Waals surface area contributed by atoms with E-state index in [1.807, 2.05) is 12.1 Å². The largest absolute Gasteiger partial charge is 0.310 e. The zero-order chi connectivity index (χ0) is 14.1. The smallest absolute Gasteiger partial charge is 0.233 e. The maximum Gasteiger partial charge on any atom is 0.233 e. The van der Waals surface area contributed by atoms with E-state index < -0.39 is 5.92 Å². The molecule has 0 saturated heterocycles. The van der Waals surface area contributed by atoms with Crippen LogP contribution in [0.25, 0.3) is 0 Å². The number of carbonyl (C=O) groups is 2. The fourth-order valence-electron chi connectivity index (χ4n) is 2.36. The molecule has 0 aliphatic heterocycles. The van der Waals surface area contributed by atoms with Crippen molar-refractivity contribution in [2.45, 2.75) is 12.3 Å². The highest BCUT2D eigenvalue weighted by molar-refractivity contribution is 6.30. The zero-order valence-corrected chi connectivity index (χ0v) is 11.2. The molecular formula is C15H11ClN2O2. The van der Waals surface area contributed by atoms with Gasteiger partial charge in [-0.2, -0.15) is 0 Å². The quantitative estimate of drug-likeness (QED) is 0.923. The summed E-state index contributed by atoms with van der Waals surface area (Å²) in [6.45, 7) is 0. The molecule has 0 bridgehead atoms. The molecule has 0 saturated carbocycles. The first-order valence-corrected chi connectivity index (χ1v) is 6.57. The molecule has 3 rings (SSSR count). The molecule has 2 aromatic rings. The maximum atomic E-state index is 12.3. The molecule has 1 aromatic heterocycles. The van der Waals surface area contributed by atoms with Crippen molar-refractivity contribution >= 4 is 29.1 Å². The van der Waals surface area contributed by atoms with Gasteiger partial charge in [0.1, 0.15) is 5.82 Å². The lowest BCUT2D eigenvalue weighted by Crippen LogP contribution is -2.20. The normalized spacial score (nSPS) is 16.9. The van der Waals surface area contributed by atoms with Gasteiger partial charge in [0.25, 0.3) is 0 Å². The molecule has 1 atom stereocenters. The van der Waals surface area contributed by atoms with Crippen molar-refractivity contribution in [1.82, 2.24) is 4.98 Å². The van der Waals surface area contributed by atoms with E-state index >= 15 is 0 Å². The summed E-state index contributed by atoms with van der Waals surface area (Å²) in [6.07, 6.45) is 1.67. The van der Waals surface area contributed by atoms with E-state index in [1.165, 1.54) is 6.20 Å². The third kappa shape index (κ3) is 2.30. The minimum absolute atomic E-state index is 0.00446. The molecule has 4 nitrogen and oxygen atoms in total. The number of fused-ring (bicyclic) bond motifs is 1. The van der Waals surface area contributed by atoms with Gasteiger partial charge in [-0.15, -0.1) is 0 Å². The van der Waals surface area contributed by atoms with Crippen LogP contribution in [-0.2, 0) is 4.79 Å². The number of rotatable bonds is 2. The van der Waals surface area contributed by atoms with Crippen molar-refractivity contribution in [3.63, 3.8) is 0 Å². The van der Waals surface area contributed by atoms with Crippen molar-refractivity contribution in [3.05, 3.63) is 58.7 Å². The Morgan fingerprint density at radius 2 is 2.05 bits per heavy atom. The van der Waals surface area contributed by atoms with Gasteiger partial charge in [-0.3, -0.25) is 9.59 Å². The average Bonchev–Trinajstić information content (AvgIpc) is 2.79. The van der Waals surface area contributed by atoms with E-state index in [-0.39, 0.29) is 18.1 Å². The van der Waals surface area contributed by atoms with Gasteiger partial charge in [0.2, 0.25) is 5.91 Å². The molecule has 0 radical (unpaired) electrons. The van der Waals surface area contributed by atoms with Crippen LogP contribution in [0.3, 0.4) is 0 Å². The van der Waals surface area contributed by atoms with Crippen molar-refractivity contribution < 1.29 is 9.59 Å². The third-order valence-electron chi connectivity index (χ3n) is 3.32. The molecule has 1 N–H and O–H groups in total. The molecule has 1 amide bonds. The number of anilines is 1. The Balaban J connectivity index is 1.82. The second kappa shape index (κ2) is 5.06. The monoisotopic (exact) mass is 286 g/mol. The maximum absolute atomic E-state index is 12.3. The van der Waals surface area contributed by atoms with E-state index in [9.17, 15) is 9.59 Å². The Bertz CT molecular complexity index is 683. The first kappa shape index (κ1) is 12.8. The fraction of sp³-hybridized carbons (Fsp3) is 0.133. The third-order valence-corrected chi connectivity index (χ3v) is 3.54. The van der Waals surface area contributed by atoms with Crippen LogP contribution in [0.1, 0.15) is 28.3 Å². The predicted octanol–water partition coefficient (Wildman–Crippen LogP) is 3.04. The number of amides is 1. The molecule has 0 spiro atoms. The Labute approximate surface area is 120 Å². The van der Waals surface area contributed by atoms with Crippen molar-refractivity contribution in [1.29, 1.82) is 0 Å². The SMILES string of the molecule is O=C1C[C@@H](C(=O)Nc2ccc(Cl)cn2)c2ccccc21. The van der Waals surface area contributed by atoms with Crippen molar-refractivity contribution in [2.24, 2.45) is 0 Å². The number of carbonyl (C=O) groups excluding carboxylic acids is 2. The van der Waals surface area contributed by atoms with Gasteiger partial charge in [0, 0.05) is 18.2 Å². The topological polar surface area (TPSA) is 59.1 Å². The standard InChI is InChI=1S/C15H11ClN2O2/c16-9-5-6-14(17-8-9)18-15(20)12-7-13(19)11-4-2-1-3-10(11)12/h1-6,8,12H,7H2,(H,17,18,20)/t12-/m1/s1. The van der Waals surface area contributed by atoms with Crippen LogP contribution in [0.4, 0.5) is 5.82 Å². The number of hydrogen-bond acceptors (Lipinski definition) is 3. The van der Waals surface area contributed by atoms with Gasteiger partial charge >= 0.3 is 0 Å². The molecule has 1 aromatic carbocycles. The second-order valence-electron chi connectivity index (χ2n) is 4.62. The number of benzene rings is 1. The fourth-order valence-corrected chi connectivity index (χ4v) is 2.47. The summed E-state index contributed by atoms with van der Waals surface area (Å²) in [5.74, 6) is -0.240. The summed E-state index contributed by atoms with van der Waals surface area (Å²) in [7, 11) is 0. The van der Waals surface area contributed by atoms with E-state index in [0.717, 1.165) is 5.56 Å². The molecule has 20 heavy (non-hydrogen) atoms. The van der Waals surface area contributed by atoms with Crippen LogP contribution in [0, 0.1) is 0 Å².